The molecule has 0 radical (unpaired) electrons. The lowest BCUT2D eigenvalue weighted by Crippen LogP contribution is -2.15. The topological polar surface area (TPSA) is 69.0 Å². The monoisotopic (exact) mass is 414 g/mol. The van der Waals surface area contributed by atoms with E-state index in [4.69, 9.17) is 0 Å². The predicted octanol–water partition coefficient (Wildman–Crippen LogP) is 4.70. The van der Waals surface area contributed by atoms with Crippen LogP contribution in [0, 0.1) is 6.92 Å². The van der Waals surface area contributed by atoms with Crippen LogP contribution in [0.25, 0.3) is 11.0 Å². The van der Waals surface area contributed by atoms with Gasteiger partial charge in [-0.15, -0.1) is 11.3 Å². The summed E-state index contributed by atoms with van der Waals surface area (Å²) in [4.78, 5) is 18.6. The number of alkyl halides is 2. The number of pyridine rings is 1. The first-order valence-electron chi connectivity index (χ1n) is 8.72. The normalized spacial score (nSPS) is 11.2. The highest BCUT2D eigenvalue weighted by Crippen LogP contribution is 2.27. The number of rotatable bonds is 6. The van der Waals surface area contributed by atoms with Crippen LogP contribution >= 0.6 is 11.3 Å². The van der Waals surface area contributed by atoms with Crippen LogP contribution in [0.2, 0.25) is 0 Å². The molecule has 3 aromatic heterocycles. The van der Waals surface area contributed by atoms with Crippen molar-refractivity contribution in [1.82, 2.24) is 14.8 Å². The summed E-state index contributed by atoms with van der Waals surface area (Å²) in [5, 5.41) is 9.59. The Morgan fingerprint density at radius 3 is 2.86 bits per heavy atom. The number of para-hydroxylation sites is 2. The van der Waals surface area contributed by atoms with E-state index in [9.17, 15) is 13.6 Å². The van der Waals surface area contributed by atoms with Crippen molar-refractivity contribution in [2.75, 3.05) is 5.32 Å². The Balaban J connectivity index is 1.67. The summed E-state index contributed by atoms with van der Waals surface area (Å²) in [5.74, 6) is -0.562. The van der Waals surface area contributed by atoms with Gasteiger partial charge in [-0.3, -0.25) is 4.79 Å². The fourth-order valence-corrected chi connectivity index (χ4v) is 3.67. The molecule has 29 heavy (non-hydrogen) atoms. The van der Waals surface area contributed by atoms with Gasteiger partial charge in [0, 0.05) is 10.6 Å². The minimum Gasteiger partial charge on any atom is -0.433 e. The molecule has 148 valence electrons. The number of benzene rings is 1. The number of carbonyl (C=O) groups excluding carboxylic acids is 1. The molecular weight excluding hydrogens is 398 g/mol. The molecule has 9 heteroatoms. The van der Waals surface area contributed by atoms with E-state index >= 15 is 0 Å². The molecule has 0 saturated carbocycles. The Labute approximate surface area is 168 Å². The number of ether oxygens (including phenoxy) is 1. The molecule has 0 aliphatic heterocycles. The third kappa shape index (κ3) is 4.09. The maximum atomic E-state index is 12.9. The van der Waals surface area contributed by atoms with Gasteiger partial charge in [0.15, 0.2) is 5.65 Å². The van der Waals surface area contributed by atoms with Crippen LogP contribution in [0.3, 0.4) is 0 Å². The molecule has 0 saturated heterocycles. The van der Waals surface area contributed by atoms with Gasteiger partial charge in [0.25, 0.3) is 5.91 Å². The van der Waals surface area contributed by atoms with Crippen molar-refractivity contribution in [3.05, 3.63) is 70.2 Å². The second kappa shape index (κ2) is 7.96. The summed E-state index contributed by atoms with van der Waals surface area (Å²) in [6.07, 6.45) is 1.59. The number of nitrogens with zero attached hydrogens (tertiary/aromatic N) is 3. The maximum absolute atomic E-state index is 12.9. The Morgan fingerprint density at radius 1 is 1.28 bits per heavy atom. The number of amides is 1. The second-order valence-corrected chi connectivity index (χ2v) is 7.29. The summed E-state index contributed by atoms with van der Waals surface area (Å²) >= 11 is 1.61. The van der Waals surface area contributed by atoms with Crippen LogP contribution < -0.4 is 10.1 Å². The maximum Gasteiger partial charge on any atom is 0.387 e. The average molecular weight is 414 g/mol. The van der Waals surface area contributed by atoms with Crippen molar-refractivity contribution in [3.63, 3.8) is 0 Å². The Hall–Kier alpha value is -3.33. The lowest BCUT2D eigenvalue weighted by atomic mass is 10.1. The molecule has 4 aromatic rings. The highest BCUT2D eigenvalue weighted by Gasteiger charge is 2.18. The van der Waals surface area contributed by atoms with Gasteiger partial charge >= 0.3 is 6.61 Å². The summed E-state index contributed by atoms with van der Waals surface area (Å²) in [5.41, 5.74) is 1.75. The summed E-state index contributed by atoms with van der Waals surface area (Å²) in [6.45, 7) is -0.658. The van der Waals surface area contributed by atoms with E-state index in [0.717, 1.165) is 4.88 Å². The van der Waals surface area contributed by atoms with Gasteiger partial charge in [-0.25, -0.2) is 9.67 Å². The minimum atomic E-state index is -2.99. The highest BCUT2D eigenvalue weighted by molar-refractivity contribution is 7.09. The predicted molar refractivity (Wildman–Crippen MR) is 107 cm³/mol. The third-order valence-electron chi connectivity index (χ3n) is 4.22. The molecule has 0 fully saturated rings. The molecule has 0 spiro atoms. The SMILES string of the molecule is Cc1cc(C(=O)Nc2ccccc2OC(F)F)c2cnn(Cc3cccs3)c2n1. The van der Waals surface area contributed by atoms with Gasteiger partial charge in [0.05, 0.1) is 29.4 Å². The number of hydrogen-bond acceptors (Lipinski definition) is 5. The zero-order valence-corrected chi connectivity index (χ0v) is 16.1. The zero-order valence-electron chi connectivity index (χ0n) is 15.3. The van der Waals surface area contributed by atoms with Crippen molar-refractivity contribution in [3.8, 4) is 5.75 Å². The summed E-state index contributed by atoms with van der Waals surface area (Å²) in [6, 6.07) is 11.7. The summed E-state index contributed by atoms with van der Waals surface area (Å²) in [7, 11) is 0. The number of aryl methyl sites for hydroxylation is 1. The number of carbonyl (C=O) groups is 1. The highest BCUT2D eigenvalue weighted by atomic mass is 32.1. The van der Waals surface area contributed by atoms with E-state index in [2.05, 4.69) is 20.1 Å². The van der Waals surface area contributed by atoms with Gasteiger partial charge in [0.2, 0.25) is 0 Å². The number of hydrogen-bond donors (Lipinski definition) is 1. The van der Waals surface area contributed by atoms with Crippen molar-refractivity contribution in [2.24, 2.45) is 0 Å². The van der Waals surface area contributed by atoms with Gasteiger partial charge in [-0.1, -0.05) is 18.2 Å². The molecule has 0 bridgehead atoms. The van der Waals surface area contributed by atoms with Gasteiger partial charge in [-0.2, -0.15) is 13.9 Å². The smallest absolute Gasteiger partial charge is 0.387 e. The van der Waals surface area contributed by atoms with Gasteiger partial charge < -0.3 is 10.1 Å². The van der Waals surface area contributed by atoms with Crippen molar-refractivity contribution < 1.29 is 18.3 Å². The summed E-state index contributed by atoms with van der Waals surface area (Å²) < 4.78 is 31.5. The number of thiophene rings is 1. The van der Waals surface area contributed by atoms with E-state index in [1.165, 1.54) is 12.1 Å². The van der Waals surface area contributed by atoms with E-state index in [-0.39, 0.29) is 11.4 Å². The molecule has 0 atom stereocenters. The van der Waals surface area contributed by atoms with Crippen molar-refractivity contribution in [1.29, 1.82) is 0 Å². The van der Waals surface area contributed by atoms with Crippen LogP contribution in [-0.2, 0) is 6.54 Å². The largest absolute Gasteiger partial charge is 0.433 e. The lowest BCUT2D eigenvalue weighted by molar-refractivity contribution is -0.0493. The Morgan fingerprint density at radius 2 is 2.10 bits per heavy atom. The Kier molecular flexibility index (Phi) is 5.22. The molecular formula is C20H16F2N4O2S. The number of aromatic nitrogens is 3. The van der Waals surface area contributed by atoms with Crippen LogP contribution in [0.5, 0.6) is 5.75 Å². The lowest BCUT2D eigenvalue weighted by Gasteiger charge is -2.12. The van der Waals surface area contributed by atoms with Crippen LogP contribution in [-0.4, -0.2) is 27.3 Å². The number of nitrogens with one attached hydrogen (secondary N) is 1. The van der Waals surface area contributed by atoms with Crippen molar-refractivity contribution in [2.45, 2.75) is 20.1 Å². The fourth-order valence-electron chi connectivity index (χ4n) is 2.98. The second-order valence-electron chi connectivity index (χ2n) is 6.26. The van der Waals surface area contributed by atoms with Crippen LogP contribution in [0.4, 0.5) is 14.5 Å². The molecule has 1 aromatic carbocycles. The third-order valence-corrected chi connectivity index (χ3v) is 5.08. The quantitative estimate of drug-likeness (QED) is 0.496. The van der Waals surface area contributed by atoms with Gasteiger partial charge in [-0.05, 0) is 36.6 Å². The van der Waals surface area contributed by atoms with E-state index < -0.39 is 12.5 Å². The fraction of sp³-hybridized carbons (Fsp3) is 0.150. The minimum absolute atomic E-state index is 0.105. The molecule has 0 aliphatic rings. The first-order chi connectivity index (χ1) is 14.0. The number of fused-ring (bicyclic) bond motifs is 1. The average Bonchev–Trinajstić information content (AvgIpc) is 3.33. The van der Waals surface area contributed by atoms with E-state index in [0.29, 0.717) is 28.8 Å². The molecule has 6 nitrogen and oxygen atoms in total. The van der Waals surface area contributed by atoms with E-state index in [1.807, 2.05) is 17.5 Å². The molecule has 3 heterocycles. The van der Waals surface area contributed by atoms with Crippen LogP contribution in [0.15, 0.2) is 54.0 Å². The number of anilines is 1. The molecule has 0 unspecified atom stereocenters. The molecule has 1 amide bonds. The molecule has 0 aliphatic carbocycles. The van der Waals surface area contributed by atoms with Crippen molar-refractivity contribution >= 4 is 34.0 Å². The molecule has 1 N–H and O–H groups in total. The molecule has 4 rings (SSSR count). The Bertz CT molecular complexity index is 1160. The zero-order chi connectivity index (χ0) is 20.4. The van der Waals surface area contributed by atoms with Gasteiger partial charge in [0.1, 0.15) is 5.75 Å². The first-order valence-corrected chi connectivity index (χ1v) is 9.60. The first kappa shape index (κ1) is 19.0. The van der Waals surface area contributed by atoms with Crippen LogP contribution in [0.1, 0.15) is 20.9 Å². The number of halogens is 2. The standard InChI is InChI=1S/C20H16F2N4O2S/c1-12-9-14(19(27)25-16-6-2-3-7-17(16)28-20(21)22)15-10-23-26(18(15)24-12)11-13-5-4-8-29-13/h2-10,20H,11H2,1H3,(H,25,27). The van der Waals surface area contributed by atoms with E-state index in [1.54, 1.807) is 47.3 Å².